The number of imide groups is 1. The minimum Gasteiger partial charge on any atom is -0.297 e. The first-order valence-electron chi connectivity index (χ1n) is 7.99. The predicted octanol–water partition coefficient (Wildman–Crippen LogP) is 2.17. The van der Waals surface area contributed by atoms with Crippen LogP contribution in [0.4, 0.5) is 0 Å². The van der Waals surface area contributed by atoms with E-state index in [1.165, 1.54) is 4.90 Å². The number of hydrogen-bond acceptors (Lipinski definition) is 3. The average Bonchev–Trinajstić information content (AvgIpc) is 3.14. The maximum absolute atomic E-state index is 12.4. The van der Waals surface area contributed by atoms with E-state index in [2.05, 4.69) is 6.92 Å². The van der Waals surface area contributed by atoms with Gasteiger partial charge in [-0.15, -0.1) is 0 Å². The Morgan fingerprint density at radius 1 is 1.10 bits per heavy atom. The van der Waals surface area contributed by atoms with E-state index in [1.807, 2.05) is 0 Å². The second-order valence-electron chi connectivity index (χ2n) is 6.67. The van der Waals surface area contributed by atoms with Crippen LogP contribution in [0.3, 0.4) is 0 Å². The lowest BCUT2D eigenvalue weighted by atomic mass is 10.00. The van der Waals surface area contributed by atoms with E-state index < -0.39 is 0 Å². The second kappa shape index (κ2) is 5.30. The minimum absolute atomic E-state index is 0.0339. The van der Waals surface area contributed by atoms with Crippen molar-refractivity contribution in [2.45, 2.75) is 51.9 Å². The Labute approximate surface area is 119 Å². The molecular formula is C16H23NO3. The van der Waals surface area contributed by atoms with Crippen molar-refractivity contribution in [1.29, 1.82) is 0 Å². The van der Waals surface area contributed by atoms with Crippen molar-refractivity contribution in [2.24, 2.45) is 23.7 Å². The number of ketones is 1. The van der Waals surface area contributed by atoms with Crippen LogP contribution < -0.4 is 0 Å². The van der Waals surface area contributed by atoms with Gasteiger partial charge in [0.05, 0.1) is 18.4 Å². The molecule has 2 unspecified atom stereocenters. The van der Waals surface area contributed by atoms with Crippen LogP contribution in [0.1, 0.15) is 51.9 Å². The molecule has 0 aromatic heterocycles. The van der Waals surface area contributed by atoms with Crippen LogP contribution in [0.25, 0.3) is 0 Å². The highest BCUT2D eigenvalue weighted by molar-refractivity contribution is 6.08. The van der Waals surface area contributed by atoms with Crippen LogP contribution in [-0.4, -0.2) is 29.0 Å². The fraction of sp³-hybridized carbons (Fsp3) is 0.812. The lowest BCUT2D eigenvalue weighted by molar-refractivity contribution is -0.144. The number of fused-ring (bicyclic) bond motifs is 1. The quantitative estimate of drug-likeness (QED) is 0.740. The molecule has 4 nitrogen and oxygen atoms in total. The zero-order valence-electron chi connectivity index (χ0n) is 12.1. The van der Waals surface area contributed by atoms with Gasteiger partial charge in [-0.1, -0.05) is 26.2 Å². The monoisotopic (exact) mass is 277 g/mol. The first kappa shape index (κ1) is 13.8. The van der Waals surface area contributed by atoms with Crippen LogP contribution in [0, 0.1) is 23.7 Å². The summed E-state index contributed by atoms with van der Waals surface area (Å²) in [7, 11) is 0. The van der Waals surface area contributed by atoms with Crippen molar-refractivity contribution >= 4 is 17.6 Å². The Morgan fingerprint density at radius 3 is 2.15 bits per heavy atom. The number of amides is 2. The largest absolute Gasteiger partial charge is 0.297 e. The molecule has 110 valence electrons. The average molecular weight is 277 g/mol. The summed E-state index contributed by atoms with van der Waals surface area (Å²) in [6.07, 6.45) is 6.76. The summed E-state index contributed by atoms with van der Waals surface area (Å²) in [6.45, 7) is 2.15. The number of nitrogens with zero attached hydrogens (tertiary/aromatic N) is 1. The Hall–Kier alpha value is -1.19. The Morgan fingerprint density at radius 2 is 1.65 bits per heavy atom. The molecule has 0 aromatic rings. The summed E-state index contributed by atoms with van der Waals surface area (Å²) in [4.78, 5) is 38.2. The minimum atomic E-state index is -0.135. The highest BCUT2D eigenvalue weighted by Gasteiger charge is 2.52. The second-order valence-corrected chi connectivity index (χ2v) is 6.67. The third-order valence-electron chi connectivity index (χ3n) is 5.53. The fourth-order valence-corrected chi connectivity index (χ4v) is 4.22. The first-order valence-corrected chi connectivity index (χ1v) is 7.99. The summed E-state index contributed by atoms with van der Waals surface area (Å²) in [5, 5.41) is 0. The molecule has 0 aromatic carbocycles. The number of carbonyl (C=O) groups is 3. The zero-order chi connectivity index (χ0) is 14.3. The predicted molar refractivity (Wildman–Crippen MR) is 73.7 cm³/mol. The molecule has 0 spiro atoms. The fourth-order valence-electron chi connectivity index (χ4n) is 4.22. The third-order valence-corrected chi connectivity index (χ3v) is 5.53. The lowest BCUT2D eigenvalue weighted by Gasteiger charge is -2.18. The zero-order valence-corrected chi connectivity index (χ0v) is 12.1. The van der Waals surface area contributed by atoms with Crippen molar-refractivity contribution in [3.05, 3.63) is 0 Å². The summed E-state index contributed by atoms with van der Waals surface area (Å²) < 4.78 is 0. The Bertz CT molecular complexity index is 415. The molecule has 2 saturated carbocycles. The molecular weight excluding hydrogens is 254 g/mol. The van der Waals surface area contributed by atoms with E-state index in [0.717, 1.165) is 44.9 Å². The SMILES string of the molecule is CCC1CC2C(=O)N(CC(=O)C3CCCC3)C(=O)C2C1. The van der Waals surface area contributed by atoms with E-state index in [1.54, 1.807) is 0 Å². The summed E-state index contributed by atoms with van der Waals surface area (Å²) >= 11 is 0. The van der Waals surface area contributed by atoms with Crippen LogP contribution >= 0.6 is 0 Å². The maximum Gasteiger partial charge on any atom is 0.233 e. The van der Waals surface area contributed by atoms with Gasteiger partial charge in [0, 0.05) is 5.92 Å². The van der Waals surface area contributed by atoms with Crippen LogP contribution in [0.15, 0.2) is 0 Å². The Kier molecular flexibility index (Phi) is 3.65. The van der Waals surface area contributed by atoms with Crippen molar-refractivity contribution in [3.8, 4) is 0 Å². The topological polar surface area (TPSA) is 54.5 Å². The van der Waals surface area contributed by atoms with Gasteiger partial charge >= 0.3 is 0 Å². The molecule has 1 aliphatic heterocycles. The van der Waals surface area contributed by atoms with Crippen molar-refractivity contribution in [3.63, 3.8) is 0 Å². The van der Waals surface area contributed by atoms with Crippen LogP contribution in [-0.2, 0) is 14.4 Å². The van der Waals surface area contributed by atoms with Gasteiger partial charge in [0.1, 0.15) is 0 Å². The molecule has 1 saturated heterocycles. The maximum atomic E-state index is 12.4. The highest BCUT2D eigenvalue weighted by atomic mass is 16.2. The van der Waals surface area contributed by atoms with E-state index in [9.17, 15) is 14.4 Å². The highest BCUT2D eigenvalue weighted by Crippen LogP contribution is 2.44. The first-order chi connectivity index (χ1) is 9.61. The van der Waals surface area contributed by atoms with E-state index in [-0.39, 0.29) is 41.9 Å². The molecule has 0 radical (unpaired) electrons. The number of carbonyl (C=O) groups excluding carboxylic acids is 3. The van der Waals surface area contributed by atoms with Gasteiger partial charge in [0.25, 0.3) is 0 Å². The standard InChI is InChI=1S/C16H23NO3/c1-2-10-7-12-13(8-10)16(20)17(15(12)19)9-14(18)11-5-3-4-6-11/h10-13H,2-9H2,1H3. The van der Waals surface area contributed by atoms with Gasteiger partial charge in [-0.3, -0.25) is 19.3 Å². The number of Topliss-reactive ketones (excluding diaryl/α,β-unsaturated/α-hetero) is 1. The molecule has 1 heterocycles. The molecule has 3 fully saturated rings. The number of rotatable bonds is 4. The van der Waals surface area contributed by atoms with Gasteiger partial charge in [0.15, 0.2) is 5.78 Å². The molecule has 0 bridgehead atoms. The third kappa shape index (κ3) is 2.19. The van der Waals surface area contributed by atoms with Crippen LogP contribution in [0.5, 0.6) is 0 Å². The van der Waals surface area contributed by atoms with E-state index >= 15 is 0 Å². The van der Waals surface area contributed by atoms with Gasteiger partial charge < -0.3 is 0 Å². The molecule has 2 aliphatic carbocycles. The van der Waals surface area contributed by atoms with Crippen LogP contribution in [0.2, 0.25) is 0 Å². The number of hydrogen-bond donors (Lipinski definition) is 0. The lowest BCUT2D eigenvalue weighted by Crippen LogP contribution is -2.38. The summed E-state index contributed by atoms with van der Waals surface area (Å²) in [5.41, 5.74) is 0. The molecule has 2 atom stereocenters. The molecule has 0 N–H and O–H groups in total. The summed E-state index contributed by atoms with van der Waals surface area (Å²) in [6, 6.07) is 0. The van der Waals surface area contributed by atoms with Crippen molar-refractivity contribution < 1.29 is 14.4 Å². The van der Waals surface area contributed by atoms with Gasteiger partial charge in [-0.25, -0.2) is 0 Å². The van der Waals surface area contributed by atoms with Gasteiger partial charge in [0.2, 0.25) is 11.8 Å². The number of likely N-dealkylation sites (tertiary alicyclic amines) is 1. The Balaban J connectivity index is 1.65. The smallest absolute Gasteiger partial charge is 0.233 e. The van der Waals surface area contributed by atoms with Gasteiger partial charge in [-0.05, 0) is 31.6 Å². The summed E-state index contributed by atoms with van der Waals surface area (Å²) in [5.74, 6) is 0.249. The van der Waals surface area contributed by atoms with E-state index in [4.69, 9.17) is 0 Å². The van der Waals surface area contributed by atoms with Crippen molar-refractivity contribution in [2.75, 3.05) is 6.54 Å². The van der Waals surface area contributed by atoms with Gasteiger partial charge in [-0.2, -0.15) is 0 Å². The molecule has 3 rings (SSSR count). The van der Waals surface area contributed by atoms with Crippen molar-refractivity contribution in [1.82, 2.24) is 4.90 Å². The van der Waals surface area contributed by atoms with E-state index in [0.29, 0.717) is 5.92 Å². The molecule has 3 aliphatic rings. The normalized spacial score (nSPS) is 34.0. The molecule has 4 heteroatoms. The molecule has 20 heavy (non-hydrogen) atoms. The molecule has 2 amide bonds.